The van der Waals surface area contributed by atoms with E-state index in [4.69, 9.17) is 4.74 Å². The van der Waals surface area contributed by atoms with Crippen molar-refractivity contribution in [2.45, 2.75) is 20.0 Å². The number of hydrogen-bond acceptors (Lipinski definition) is 3. The number of rotatable bonds is 4. The highest BCUT2D eigenvalue weighted by Gasteiger charge is 2.27. The van der Waals surface area contributed by atoms with Crippen LogP contribution in [0.1, 0.15) is 28.4 Å². The van der Waals surface area contributed by atoms with Gasteiger partial charge in [0.1, 0.15) is 12.4 Å². The van der Waals surface area contributed by atoms with E-state index in [0.29, 0.717) is 23.8 Å². The van der Waals surface area contributed by atoms with E-state index in [0.717, 1.165) is 24.2 Å². The molecule has 1 amide bonds. The van der Waals surface area contributed by atoms with Gasteiger partial charge in [0, 0.05) is 35.8 Å². The van der Waals surface area contributed by atoms with Crippen molar-refractivity contribution in [3.05, 3.63) is 89.7 Å². The van der Waals surface area contributed by atoms with Gasteiger partial charge in [0.2, 0.25) is 0 Å². The highest BCUT2D eigenvalue weighted by Crippen LogP contribution is 2.31. The van der Waals surface area contributed by atoms with Crippen LogP contribution in [-0.4, -0.2) is 17.4 Å². The van der Waals surface area contributed by atoms with E-state index in [1.807, 2.05) is 59.5 Å². The van der Waals surface area contributed by atoms with Crippen LogP contribution >= 0.6 is 0 Å². The largest absolute Gasteiger partial charge is 0.489 e. The zero-order chi connectivity index (χ0) is 18.6. The Kier molecular flexibility index (Phi) is 4.88. The summed E-state index contributed by atoms with van der Waals surface area (Å²) in [6.07, 6.45) is 4.52. The Labute approximate surface area is 159 Å². The number of hydrogen-bond donors (Lipinski definition) is 0. The average molecular weight is 358 g/mol. The van der Waals surface area contributed by atoms with Crippen molar-refractivity contribution in [1.82, 2.24) is 4.98 Å². The average Bonchev–Trinajstić information content (AvgIpc) is 2.72. The van der Waals surface area contributed by atoms with Crippen LogP contribution in [0.4, 0.5) is 5.69 Å². The van der Waals surface area contributed by atoms with E-state index in [9.17, 15) is 4.79 Å². The molecule has 3 aromatic rings. The van der Waals surface area contributed by atoms with Gasteiger partial charge in [-0.15, -0.1) is 0 Å². The fraction of sp³-hybridized carbons (Fsp3) is 0.217. The van der Waals surface area contributed by atoms with Crippen LogP contribution in [0, 0.1) is 5.92 Å². The molecule has 0 saturated carbocycles. The lowest BCUT2D eigenvalue weighted by atomic mass is 9.93. The molecule has 0 fully saturated rings. The minimum Gasteiger partial charge on any atom is -0.489 e. The molecule has 0 spiro atoms. The first-order valence-electron chi connectivity index (χ1n) is 9.22. The number of anilines is 1. The molecule has 1 aliphatic heterocycles. The number of aromatic nitrogens is 1. The van der Waals surface area contributed by atoms with Gasteiger partial charge in [-0.3, -0.25) is 9.78 Å². The van der Waals surface area contributed by atoms with Gasteiger partial charge in [-0.1, -0.05) is 37.3 Å². The maximum Gasteiger partial charge on any atom is 0.258 e. The van der Waals surface area contributed by atoms with E-state index in [-0.39, 0.29) is 5.91 Å². The van der Waals surface area contributed by atoms with Gasteiger partial charge in [0.05, 0.1) is 0 Å². The molecule has 1 unspecified atom stereocenters. The minimum atomic E-state index is 0.0147. The van der Waals surface area contributed by atoms with Gasteiger partial charge in [-0.2, -0.15) is 0 Å². The quantitative estimate of drug-likeness (QED) is 0.690. The SMILES string of the molecule is CC1Cc2ccccc2N(C(=O)c2cccc(OCc3cccnc3)c2)C1. The number of carbonyl (C=O) groups is 1. The number of amides is 1. The summed E-state index contributed by atoms with van der Waals surface area (Å²) in [6.45, 7) is 3.34. The molecule has 2 aromatic carbocycles. The Morgan fingerprint density at radius 2 is 2.04 bits per heavy atom. The second kappa shape index (κ2) is 7.62. The Balaban J connectivity index is 1.54. The van der Waals surface area contributed by atoms with E-state index < -0.39 is 0 Å². The monoisotopic (exact) mass is 358 g/mol. The Hall–Kier alpha value is -3.14. The lowest BCUT2D eigenvalue weighted by molar-refractivity contribution is 0.0980. The predicted octanol–water partition coefficient (Wildman–Crippen LogP) is 4.50. The van der Waals surface area contributed by atoms with E-state index in [1.165, 1.54) is 5.56 Å². The normalized spacial score (nSPS) is 15.9. The third kappa shape index (κ3) is 3.85. The van der Waals surface area contributed by atoms with Crippen molar-refractivity contribution < 1.29 is 9.53 Å². The van der Waals surface area contributed by atoms with Gasteiger partial charge >= 0.3 is 0 Å². The molecule has 0 N–H and O–H groups in total. The van der Waals surface area contributed by atoms with E-state index in [1.54, 1.807) is 12.4 Å². The minimum absolute atomic E-state index is 0.0147. The molecule has 1 aliphatic rings. The summed E-state index contributed by atoms with van der Waals surface area (Å²) in [4.78, 5) is 19.2. The third-order valence-corrected chi connectivity index (χ3v) is 4.80. The summed E-state index contributed by atoms with van der Waals surface area (Å²) in [5.41, 5.74) is 3.88. The predicted molar refractivity (Wildman–Crippen MR) is 106 cm³/mol. The molecule has 4 rings (SSSR count). The van der Waals surface area contributed by atoms with Crippen molar-refractivity contribution in [1.29, 1.82) is 0 Å². The topological polar surface area (TPSA) is 42.4 Å². The summed E-state index contributed by atoms with van der Waals surface area (Å²) in [6, 6.07) is 19.4. The number of benzene rings is 2. The second-order valence-corrected chi connectivity index (χ2v) is 7.03. The number of carbonyl (C=O) groups excluding carboxylic acids is 1. The molecule has 0 saturated heterocycles. The van der Waals surface area contributed by atoms with Crippen molar-refractivity contribution in [2.24, 2.45) is 5.92 Å². The first kappa shape index (κ1) is 17.3. The first-order chi connectivity index (χ1) is 13.2. The molecule has 1 atom stereocenters. The van der Waals surface area contributed by atoms with Gasteiger partial charge < -0.3 is 9.64 Å². The molecule has 4 nitrogen and oxygen atoms in total. The molecular formula is C23H22N2O2. The van der Waals surface area contributed by atoms with Gasteiger partial charge in [0.25, 0.3) is 5.91 Å². The standard InChI is InChI=1S/C23H22N2O2/c1-17-12-19-7-2-3-10-22(19)25(15-17)23(26)20-8-4-9-21(13-20)27-16-18-6-5-11-24-14-18/h2-11,13-14,17H,12,15-16H2,1H3. The summed E-state index contributed by atoms with van der Waals surface area (Å²) in [5, 5.41) is 0. The van der Waals surface area contributed by atoms with Crippen LogP contribution in [0.2, 0.25) is 0 Å². The van der Waals surface area contributed by atoms with E-state index in [2.05, 4.69) is 18.0 Å². The van der Waals surface area contributed by atoms with Crippen LogP contribution < -0.4 is 9.64 Å². The fourth-order valence-corrected chi connectivity index (χ4v) is 3.51. The van der Waals surface area contributed by atoms with Crippen LogP contribution in [0.25, 0.3) is 0 Å². The van der Waals surface area contributed by atoms with Gasteiger partial charge in [-0.05, 0) is 48.2 Å². The Morgan fingerprint density at radius 3 is 2.89 bits per heavy atom. The lowest BCUT2D eigenvalue weighted by Gasteiger charge is -2.33. The van der Waals surface area contributed by atoms with Crippen LogP contribution in [0.5, 0.6) is 5.75 Å². The van der Waals surface area contributed by atoms with Crippen molar-refractivity contribution in [3.63, 3.8) is 0 Å². The highest BCUT2D eigenvalue weighted by molar-refractivity contribution is 6.07. The zero-order valence-corrected chi connectivity index (χ0v) is 15.3. The van der Waals surface area contributed by atoms with Crippen molar-refractivity contribution >= 4 is 11.6 Å². The Bertz CT molecular complexity index is 940. The second-order valence-electron chi connectivity index (χ2n) is 7.03. The first-order valence-corrected chi connectivity index (χ1v) is 9.22. The van der Waals surface area contributed by atoms with Crippen molar-refractivity contribution in [3.8, 4) is 5.75 Å². The lowest BCUT2D eigenvalue weighted by Crippen LogP contribution is -2.39. The van der Waals surface area contributed by atoms with Crippen molar-refractivity contribution in [2.75, 3.05) is 11.4 Å². The smallest absolute Gasteiger partial charge is 0.258 e. The van der Waals surface area contributed by atoms with Gasteiger partial charge in [0.15, 0.2) is 0 Å². The van der Waals surface area contributed by atoms with E-state index >= 15 is 0 Å². The van der Waals surface area contributed by atoms with Gasteiger partial charge in [-0.25, -0.2) is 0 Å². The third-order valence-electron chi connectivity index (χ3n) is 4.80. The fourth-order valence-electron chi connectivity index (χ4n) is 3.51. The number of para-hydroxylation sites is 1. The number of pyridine rings is 1. The number of fused-ring (bicyclic) bond motifs is 1. The maximum absolute atomic E-state index is 13.2. The molecule has 4 heteroatoms. The molecule has 1 aromatic heterocycles. The summed E-state index contributed by atoms with van der Waals surface area (Å²) in [7, 11) is 0. The molecule has 136 valence electrons. The zero-order valence-electron chi connectivity index (χ0n) is 15.3. The summed E-state index contributed by atoms with van der Waals surface area (Å²) < 4.78 is 5.85. The van der Waals surface area contributed by atoms with Crippen LogP contribution in [0.15, 0.2) is 73.1 Å². The molecule has 27 heavy (non-hydrogen) atoms. The molecule has 0 aliphatic carbocycles. The van der Waals surface area contributed by atoms with Crippen LogP contribution in [0.3, 0.4) is 0 Å². The van der Waals surface area contributed by atoms with Crippen LogP contribution in [-0.2, 0) is 13.0 Å². The molecule has 0 bridgehead atoms. The highest BCUT2D eigenvalue weighted by atomic mass is 16.5. The molecule has 2 heterocycles. The number of nitrogens with zero attached hydrogens (tertiary/aromatic N) is 2. The Morgan fingerprint density at radius 1 is 1.15 bits per heavy atom. The number of ether oxygens (including phenoxy) is 1. The maximum atomic E-state index is 13.2. The molecular weight excluding hydrogens is 336 g/mol. The molecule has 0 radical (unpaired) electrons. The summed E-state index contributed by atoms with van der Waals surface area (Å²) in [5.74, 6) is 1.14. The summed E-state index contributed by atoms with van der Waals surface area (Å²) >= 11 is 0.